The Labute approximate surface area is 245 Å². The van der Waals surface area contributed by atoms with Gasteiger partial charge in [-0.2, -0.15) is 0 Å². The van der Waals surface area contributed by atoms with E-state index in [1.54, 1.807) is 40.5 Å². The van der Waals surface area contributed by atoms with E-state index >= 15 is 0 Å². The number of nitrogens with one attached hydrogen (secondary N) is 1. The molecule has 0 aliphatic carbocycles. The highest BCUT2D eigenvalue weighted by Gasteiger charge is 2.23. The highest BCUT2D eigenvalue weighted by atomic mass is 32.1. The number of carboxylic acids is 1. The molecule has 0 aliphatic rings. The molecule has 1 heterocycles. The van der Waals surface area contributed by atoms with Gasteiger partial charge in [-0.1, -0.05) is 87.5 Å². The van der Waals surface area contributed by atoms with Crippen LogP contribution in [0.2, 0.25) is 0 Å². The fraction of sp³-hybridized carbons (Fsp3) is 0.265. The van der Waals surface area contributed by atoms with Crippen molar-refractivity contribution in [3.05, 3.63) is 117 Å². The first-order valence-electron chi connectivity index (χ1n) is 13.7. The molecule has 0 atom stereocenters. The second-order valence-corrected chi connectivity index (χ2v) is 12.0. The van der Waals surface area contributed by atoms with Crippen molar-refractivity contribution in [2.24, 2.45) is 0 Å². The maximum Gasteiger partial charge on any atom is 0.305 e. The molecule has 41 heavy (non-hydrogen) atoms. The topological polar surface area (TPSA) is 86.7 Å². The second-order valence-electron chi connectivity index (χ2n) is 11.0. The van der Waals surface area contributed by atoms with Crippen LogP contribution in [0.25, 0.3) is 11.1 Å². The number of carboxylic acid groups (broad SMARTS) is 1. The SMILES string of the molecule is CC(C)(C)c1ccc(CNC(=O)c2ccccc2-c2ccccc2C(=O)N(CCC(=O)O)CCc2cccs2)cc1. The number of hydrogen-bond donors (Lipinski definition) is 2. The maximum absolute atomic E-state index is 13.8. The third kappa shape index (κ3) is 7.92. The normalized spacial score (nSPS) is 11.2. The smallest absolute Gasteiger partial charge is 0.305 e. The number of aliphatic carboxylic acids is 1. The molecule has 212 valence electrons. The molecular formula is C34H36N2O4S. The zero-order valence-electron chi connectivity index (χ0n) is 23.7. The van der Waals surface area contributed by atoms with Crippen molar-refractivity contribution < 1.29 is 19.5 Å². The fourth-order valence-corrected chi connectivity index (χ4v) is 5.33. The molecule has 0 saturated heterocycles. The number of hydrogen-bond acceptors (Lipinski definition) is 4. The van der Waals surface area contributed by atoms with E-state index in [9.17, 15) is 19.5 Å². The molecule has 0 fully saturated rings. The van der Waals surface area contributed by atoms with E-state index in [4.69, 9.17) is 0 Å². The molecule has 4 rings (SSSR count). The Morgan fingerprint density at radius 3 is 2.05 bits per heavy atom. The first-order chi connectivity index (χ1) is 19.6. The van der Waals surface area contributed by atoms with Crippen LogP contribution < -0.4 is 5.32 Å². The maximum atomic E-state index is 13.8. The highest BCUT2D eigenvalue weighted by molar-refractivity contribution is 7.09. The van der Waals surface area contributed by atoms with Gasteiger partial charge in [-0.3, -0.25) is 14.4 Å². The van der Waals surface area contributed by atoms with E-state index in [0.717, 1.165) is 10.4 Å². The van der Waals surface area contributed by atoms with Crippen molar-refractivity contribution in [2.45, 2.75) is 45.6 Å². The van der Waals surface area contributed by atoms with Crippen LogP contribution in [0.3, 0.4) is 0 Å². The van der Waals surface area contributed by atoms with Crippen LogP contribution in [0.4, 0.5) is 0 Å². The fourth-order valence-electron chi connectivity index (χ4n) is 4.64. The van der Waals surface area contributed by atoms with E-state index in [1.807, 2.05) is 53.9 Å². The minimum Gasteiger partial charge on any atom is -0.481 e. The molecule has 0 unspecified atom stereocenters. The van der Waals surface area contributed by atoms with Gasteiger partial charge in [-0.15, -0.1) is 11.3 Å². The van der Waals surface area contributed by atoms with Crippen LogP contribution in [-0.4, -0.2) is 40.9 Å². The van der Waals surface area contributed by atoms with Gasteiger partial charge in [-0.05, 0) is 57.7 Å². The molecular weight excluding hydrogens is 532 g/mol. The van der Waals surface area contributed by atoms with Crippen molar-refractivity contribution in [1.82, 2.24) is 10.2 Å². The molecule has 1 aromatic heterocycles. The molecule has 0 radical (unpaired) electrons. The Morgan fingerprint density at radius 1 is 0.805 bits per heavy atom. The van der Waals surface area contributed by atoms with E-state index in [0.29, 0.717) is 41.8 Å². The summed E-state index contributed by atoms with van der Waals surface area (Å²) in [4.78, 5) is 41.3. The zero-order valence-corrected chi connectivity index (χ0v) is 24.5. The monoisotopic (exact) mass is 568 g/mol. The molecule has 6 nitrogen and oxygen atoms in total. The summed E-state index contributed by atoms with van der Waals surface area (Å²) in [5.74, 6) is -1.45. The predicted molar refractivity (Wildman–Crippen MR) is 164 cm³/mol. The summed E-state index contributed by atoms with van der Waals surface area (Å²) in [5.41, 5.74) is 4.46. The lowest BCUT2D eigenvalue weighted by Crippen LogP contribution is -2.35. The Bertz CT molecular complexity index is 1490. The van der Waals surface area contributed by atoms with Crippen LogP contribution in [0, 0.1) is 0 Å². The van der Waals surface area contributed by atoms with E-state index in [2.05, 4.69) is 38.2 Å². The standard InChI is InChI=1S/C34H36N2O4S/c1-34(2,3)25-16-14-24(15-17-25)23-35-32(39)29-12-6-4-10-27(29)28-11-5-7-13-30(28)33(40)36(21-19-31(37)38)20-18-26-9-8-22-41-26/h4-17,22H,18-21,23H2,1-3H3,(H,35,39)(H,37,38). The third-order valence-electron chi connectivity index (χ3n) is 6.98. The van der Waals surface area contributed by atoms with Crippen LogP contribution in [0.1, 0.15) is 63.9 Å². The molecule has 0 spiro atoms. The lowest BCUT2D eigenvalue weighted by molar-refractivity contribution is -0.137. The van der Waals surface area contributed by atoms with E-state index in [-0.39, 0.29) is 30.2 Å². The molecule has 7 heteroatoms. The Hall–Kier alpha value is -4.23. The van der Waals surface area contributed by atoms with Crippen molar-refractivity contribution in [3.63, 3.8) is 0 Å². The quantitative estimate of drug-likeness (QED) is 0.208. The van der Waals surface area contributed by atoms with Crippen LogP contribution in [-0.2, 0) is 23.2 Å². The number of carbonyl (C=O) groups is 3. The highest BCUT2D eigenvalue weighted by Crippen LogP contribution is 2.29. The number of carbonyl (C=O) groups excluding carboxylic acids is 2. The Kier molecular flexibility index (Phi) is 9.73. The second kappa shape index (κ2) is 13.4. The number of amides is 2. The number of rotatable bonds is 11. The molecule has 0 saturated carbocycles. The van der Waals surface area contributed by atoms with Crippen LogP contribution in [0.15, 0.2) is 90.3 Å². The number of thiophene rings is 1. The van der Waals surface area contributed by atoms with Gasteiger partial charge in [0.25, 0.3) is 11.8 Å². The first kappa shape index (κ1) is 29.7. The summed E-state index contributed by atoms with van der Waals surface area (Å²) in [6.45, 7) is 7.38. The average Bonchev–Trinajstić information content (AvgIpc) is 3.49. The molecule has 2 amide bonds. The zero-order chi connectivity index (χ0) is 29.4. The summed E-state index contributed by atoms with van der Waals surface area (Å²) in [5, 5.41) is 14.3. The predicted octanol–water partition coefficient (Wildman–Crippen LogP) is 6.80. The van der Waals surface area contributed by atoms with Gasteiger partial charge in [-0.25, -0.2) is 0 Å². The van der Waals surface area contributed by atoms with Gasteiger partial charge in [0.05, 0.1) is 6.42 Å². The van der Waals surface area contributed by atoms with Gasteiger partial charge < -0.3 is 15.3 Å². The minimum atomic E-state index is -0.956. The third-order valence-corrected chi connectivity index (χ3v) is 7.92. The summed E-state index contributed by atoms with van der Waals surface area (Å²) in [7, 11) is 0. The van der Waals surface area contributed by atoms with Gasteiger partial charge in [0.2, 0.25) is 0 Å². The van der Waals surface area contributed by atoms with E-state index in [1.165, 1.54) is 5.56 Å². The summed E-state index contributed by atoms with van der Waals surface area (Å²) in [6.07, 6.45) is 0.495. The Balaban J connectivity index is 1.57. The summed E-state index contributed by atoms with van der Waals surface area (Å²) in [6, 6.07) is 26.6. The molecule has 3 aromatic carbocycles. The van der Waals surface area contributed by atoms with Gasteiger partial charge >= 0.3 is 5.97 Å². The number of benzene rings is 3. The van der Waals surface area contributed by atoms with Crippen molar-refractivity contribution in [3.8, 4) is 11.1 Å². The van der Waals surface area contributed by atoms with Crippen molar-refractivity contribution in [1.29, 1.82) is 0 Å². The summed E-state index contributed by atoms with van der Waals surface area (Å²) >= 11 is 1.61. The van der Waals surface area contributed by atoms with Crippen molar-refractivity contribution >= 4 is 29.1 Å². The minimum absolute atomic E-state index is 0.0543. The largest absolute Gasteiger partial charge is 0.481 e. The Morgan fingerprint density at radius 2 is 1.44 bits per heavy atom. The number of nitrogens with zero attached hydrogens (tertiary/aromatic N) is 1. The van der Waals surface area contributed by atoms with Gasteiger partial charge in [0, 0.05) is 35.6 Å². The average molecular weight is 569 g/mol. The van der Waals surface area contributed by atoms with Crippen LogP contribution in [0.5, 0.6) is 0 Å². The van der Waals surface area contributed by atoms with Gasteiger partial charge in [0.1, 0.15) is 0 Å². The first-order valence-corrected chi connectivity index (χ1v) is 14.6. The lowest BCUT2D eigenvalue weighted by Gasteiger charge is -2.24. The van der Waals surface area contributed by atoms with Crippen molar-refractivity contribution in [2.75, 3.05) is 13.1 Å². The van der Waals surface area contributed by atoms with Crippen LogP contribution >= 0.6 is 11.3 Å². The van der Waals surface area contributed by atoms with E-state index < -0.39 is 5.97 Å². The molecule has 0 aliphatic heterocycles. The lowest BCUT2D eigenvalue weighted by atomic mass is 9.87. The molecule has 2 N–H and O–H groups in total. The summed E-state index contributed by atoms with van der Waals surface area (Å²) < 4.78 is 0. The van der Waals surface area contributed by atoms with Gasteiger partial charge in [0.15, 0.2) is 0 Å². The molecule has 4 aromatic rings. The molecule has 0 bridgehead atoms.